The Labute approximate surface area is 272 Å². The molecule has 4 nitrogen and oxygen atoms in total. The van der Waals surface area contributed by atoms with Crippen molar-refractivity contribution in [3.05, 3.63) is 12.2 Å². The summed E-state index contributed by atoms with van der Waals surface area (Å²) in [5, 5.41) is 0. The third kappa shape index (κ3) is 7.20. The molecule has 0 heterocycles. The van der Waals surface area contributed by atoms with Crippen molar-refractivity contribution < 1.29 is 151 Å². The Bertz CT molecular complexity index is 1280. The van der Waals surface area contributed by atoms with E-state index < -0.39 is 121 Å². The van der Waals surface area contributed by atoms with Crippen molar-refractivity contribution in [3.63, 3.8) is 0 Å². The third-order valence-corrected chi connectivity index (χ3v) is 5.95. The van der Waals surface area contributed by atoms with E-state index >= 15 is 0 Å². The summed E-state index contributed by atoms with van der Waals surface area (Å²) in [6.07, 6.45) is -26.9. The highest BCUT2D eigenvalue weighted by atomic mass is 19.4. The summed E-state index contributed by atoms with van der Waals surface area (Å²) in [5.41, 5.74) is 0. The second kappa shape index (κ2) is 14.3. The number of carbonyl (C=O) groups excluding carboxylic acids is 2. The zero-order chi connectivity index (χ0) is 44.3. The highest BCUT2D eigenvalue weighted by Gasteiger charge is 2.93. The van der Waals surface area contributed by atoms with Crippen molar-refractivity contribution in [2.45, 2.75) is 96.6 Å². The number of carbonyl (C=O) groups is 2. The Kier molecular flexibility index (Phi) is 13.4. The molecule has 0 N–H and O–H groups in total. The van der Waals surface area contributed by atoms with E-state index in [1.54, 1.807) is 0 Å². The lowest BCUT2D eigenvalue weighted by atomic mass is 9.91. The average molecular weight is 880 g/mol. The van der Waals surface area contributed by atoms with Crippen molar-refractivity contribution in [2.24, 2.45) is 0 Å². The van der Waals surface area contributed by atoms with E-state index in [1.807, 2.05) is 0 Å². The van der Waals surface area contributed by atoms with Crippen LogP contribution in [-0.4, -0.2) is 109 Å². The van der Waals surface area contributed by atoms with Crippen LogP contribution in [0.3, 0.4) is 0 Å². The number of esters is 2. The molecule has 0 fully saturated rings. The number of hydrogen-bond acceptors (Lipinski definition) is 4. The topological polar surface area (TPSA) is 52.6 Å². The van der Waals surface area contributed by atoms with Crippen LogP contribution in [0.5, 0.6) is 0 Å². The Morgan fingerprint density at radius 2 is 0.481 bits per heavy atom. The lowest BCUT2D eigenvalue weighted by Crippen LogP contribution is -2.72. The van der Waals surface area contributed by atoms with Gasteiger partial charge in [0, 0.05) is 12.2 Å². The Morgan fingerprint density at radius 1 is 0.315 bits per heavy atom. The summed E-state index contributed by atoms with van der Waals surface area (Å²) in [5.74, 6) is -107. The van der Waals surface area contributed by atoms with Gasteiger partial charge in [-0.1, -0.05) is 0 Å². The van der Waals surface area contributed by atoms with Gasteiger partial charge in [0.1, 0.15) is 0 Å². The number of hydrogen-bond donors (Lipinski definition) is 0. The predicted octanol–water partition coefficient (Wildman–Crippen LogP) is 9.37. The molecule has 0 aromatic heterocycles. The van der Waals surface area contributed by atoms with E-state index in [0.717, 1.165) is 0 Å². The van der Waals surface area contributed by atoms with Crippen LogP contribution in [-0.2, 0) is 19.1 Å². The molecular formula is C20H6F30O4. The molecule has 2 atom stereocenters. The first-order chi connectivity index (χ1) is 23.2. The molecule has 0 spiro atoms. The summed E-state index contributed by atoms with van der Waals surface area (Å²) in [4.78, 5) is 22.3. The first kappa shape index (κ1) is 50.6. The van der Waals surface area contributed by atoms with Gasteiger partial charge in [-0.15, -0.1) is 0 Å². The molecule has 0 aliphatic carbocycles. The molecule has 34 heteroatoms. The molecule has 0 saturated heterocycles. The minimum absolute atomic E-state index is 1.34. The molecule has 0 rings (SSSR count). The van der Waals surface area contributed by atoms with E-state index in [1.165, 1.54) is 0 Å². The fourth-order valence-electron chi connectivity index (χ4n) is 2.75. The smallest absolute Gasteiger partial charge is 0.385 e. The molecule has 0 radical (unpaired) electrons. The third-order valence-electron chi connectivity index (χ3n) is 5.95. The summed E-state index contributed by atoms with van der Waals surface area (Å²) < 4.78 is 400. The average Bonchev–Trinajstić information content (AvgIpc) is 2.98. The molecule has 0 bridgehead atoms. The molecule has 2 unspecified atom stereocenters. The van der Waals surface area contributed by atoms with Gasteiger partial charge in [-0.05, 0) is 0 Å². The van der Waals surface area contributed by atoms with Gasteiger partial charge >= 0.3 is 109 Å². The Balaban J connectivity index is 6.27. The first-order valence-electron chi connectivity index (χ1n) is 11.7. The second-order valence-corrected chi connectivity index (χ2v) is 9.53. The highest BCUT2D eigenvalue weighted by molar-refractivity contribution is 5.91. The van der Waals surface area contributed by atoms with Crippen LogP contribution >= 0.6 is 0 Å². The van der Waals surface area contributed by atoms with Crippen LogP contribution in [0.4, 0.5) is 132 Å². The van der Waals surface area contributed by atoms with Gasteiger partial charge in [-0.2, -0.15) is 114 Å². The fraction of sp³-hybridized carbons (Fsp3) is 0.800. The van der Waals surface area contributed by atoms with Crippen LogP contribution in [0.2, 0.25) is 0 Å². The number of ether oxygens (including phenoxy) is 2. The Morgan fingerprint density at radius 3 is 0.648 bits per heavy atom. The lowest BCUT2D eigenvalue weighted by molar-refractivity contribution is -0.441. The van der Waals surface area contributed by atoms with Crippen molar-refractivity contribution in [1.82, 2.24) is 0 Å². The lowest BCUT2D eigenvalue weighted by Gasteiger charge is -2.41. The van der Waals surface area contributed by atoms with Crippen molar-refractivity contribution in [3.8, 4) is 0 Å². The molecule has 0 saturated carbocycles. The van der Waals surface area contributed by atoms with Gasteiger partial charge in [0.25, 0.3) is 0 Å². The van der Waals surface area contributed by atoms with Crippen LogP contribution in [0.25, 0.3) is 0 Å². The van der Waals surface area contributed by atoms with Gasteiger partial charge < -0.3 is 9.47 Å². The quantitative estimate of drug-likeness (QED) is 0.0783. The summed E-state index contributed by atoms with van der Waals surface area (Å²) in [7, 11) is 0. The van der Waals surface area contributed by atoms with Gasteiger partial charge in [0.2, 0.25) is 0 Å². The molecule has 0 aliphatic heterocycles. The standard InChI is InChI=1S/C20H6F30O4/c21-5(22)9(27,28)13(35,36)17(43,44)19(47,48)15(39,40)11(31,32)7(25)53-3(51)1-2-4(52)54-8(26)12(33,34)16(41,42)20(49,50)18(45,46)14(37,38)10(29,30)6(23)24/h1-2,5-8H. The molecule has 0 amide bonds. The molecule has 0 aliphatic rings. The second-order valence-electron chi connectivity index (χ2n) is 9.53. The molecule has 0 aromatic carbocycles. The van der Waals surface area contributed by atoms with E-state index in [9.17, 15) is 141 Å². The maximum Gasteiger partial charge on any atom is 0.385 e. The van der Waals surface area contributed by atoms with Crippen molar-refractivity contribution >= 4 is 11.9 Å². The molecule has 0 aromatic rings. The van der Waals surface area contributed by atoms with Gasteiger partial charge in [-0.3, -0.25) is 0 Å². The van der Waals surface area contributed by atoms with Gasteiger partial charge in [0.05, 0.1) is 0 Å². The summed E-state index contributed by atoms with van der Waals surface area (Å²) in [6, 6.07) is 0. The van der Waals surface area contributed by atoms with Gasteiger partial charge in [-0.25, -0.2) is 27.2 Å². The monoisotopic (exact) mass is 880 g/mol. The number of alkyl halides is 30. The van der Waals surface area contributed by atoms with Crippen LogP contribution in [0.1, 0.15) is 0 Å². The minimum atomic E-state index is -8.77. The number of rotatable bonds is 18. The van der Waals surface area contributed by atoms with E-state index in [-0.39, 0.29) is 0 Å². The summed E-state index contributed by atoms with van der Waals surface area (Å²) in [6.45, 7) is 0. The Hall–Kier alpha value is -3.42. The maximum absolute atomic E-state index is 13.6. The maximum atomic E-state index is 13.6. The minimum Gasteiger partial charge on any atom is -0.421 e. The largest absolute Gasteiger partial charge is 0.421 e. The number of halogens is 30. The van der Waals surface area contributed by atoms with E-state index in [0.29, 0.717) is 0 Å². The zero-order valence-corrected chi connectivity index (χ0v) is 23.4. The predicted molar refractivity (Wildman–Crippen MR) is 102 cm³/mol. The fourth-order valence-corrected chi connectivity index (χ4v) is 2.75. The van der Waals surface area contributed by atoms with Gasteiger partial charge in [0.15, 0.2) is 0 Å². The highest BCUT2D eigenvalue weighted by Crippen LogP contribution is 2.63. The van der Waals surface area contributed by atoms with Crippen molar-refractivity contribution in [2.75, 3.05) is 0 Å². The van der Waals surface area contributed by atoms with Crippen LogP contribution in [0.15, 0.2) is 12.2 Å². The normalized spacial score (nSPS) is 17.0. The zero-order valence-electron chi connectivity index (χ0n) is 23.4. The molecular weight excluding hydrogens is 874 g/mol. The van der Waals surface area contributed by atoms with E-state index in [4.69, 9.17) is 0 Å². The van der Waals surface area contributed by atoms with E-state index in [2.05, 4.69) is 9.47 Å². The molecule has 320 valence electrons. The first-order valence-corrected chi connectivity index (χ1v) is 11.7. The summed E-state index contributed by atoms with van der Waals surface area (Å²) >= 11 is 0. The van der Waals surface area contributed by atoms with Crippen molar-refractivity contribution in [1.29, 1.82) is 0 Å². The SMILES string of the molecule is O=C(C=CC(=O)OC(F)C(F)(F)C(F)(F)C(F)(F)C(F)(F)C(F)(F)C(F)(F)C(F)F)OC(F)C(F)(F)C(F)(F)C(F)(F)C(F)(F)C(F)(F)C(F)(F)C(F)F. The van der Waals surface area contributed by atoms with Crippen LogP contribution in [0, 0.1) is 0 Å². The van der Waals surface area contributed by atoms with Crippen LogP contribution < -0.4 is 0 Å². The molecule has 54 heavy (non-hydrogen) atoms.